The van der Waals surface area contributed by atoms with E-state index in [-0.39, 0.29) is 25.4 Å². The topological polar surface area (TPSA) is 96.5 Å². The molecule has 2 aromatic rings. The number of hydrogen-bond donors (Lipinski definition) is 3. The zero-order chi connectivity index (χ0) is 20.5. The van der Waals surface area contributed by atoms with Gasteiger partial charge in [0.15, 0.2) is 6.61 Å². The largest absolute Gasteiger partial charge is 0.484 e. The van der Waals surface area contributed by atoms with Gasteiger partial charge in [-0.25, -0.2) is 0 Å². The van der Waals surface area contributed by atoms with Crippen LogP contribution in [0.1, 0.15) is 24.0 Å². The molecule has 0 atom stereocenters. The summed E-state index contributed by atoms with van der Waals surface area (Å²) in [6, 6.07) is 12.6. The average molecular weight is 448 g/mol. The number of aryl methyl sites for hydroxylation is 2. The first-order valence-corrected chi connectivity index (χ1v) is 9.46. The van der Waals surface area contributed by atoms with E-state index < -0.39 is 11.8 Å². The van der Waals surface area contributed by atoms with Gasteiger partial charge in [-0.15, -0.1) is 0 Å². The van der Waals surface area contributed by atoms with Crippen molar-refractivity contribution in [3.05, 3.63) is 58.1 Å². The van der Waals surface area contributed by atoms with Crippen LogP contribution in [0.2, 0.25) is 0 Å². The molecule has 0 spiro atoms. The lowest BCUT2D eigenvalue weighted by atomic mass is 10.1. The van der Waals surface area contributed by atoms with Crippen LogP contribution in [0.5, 0.6) is 5.75 Å². The van der Waals surface area contributed by atoms with Gasteiger partial charge in [-0.2, -0.15) is 0 Å². The van der Waals surface area contributed by atoms with Gasteiger partial charge >= 0.3 is 0 Å². The lowest BCUT2D eigenvalue weighted by molar-refractivity contribution is -0.130. The maximum absolute atomic E-state index is 11.9. The number of rotatable bonds is 7. The molecule has 0 aromatic heterocycles. The van der Waals surface area contributed by atoms with Gasteiger partial charge in [0.1, 0.15) is 5.75 Å². The van der Waals surface area contributed by atoms with E-state index in [9.17, 15) is 14.4 Å². The SMILES string of the molecule is Cc1ccc(NC(=O)CCC(=O)NNC(=O)COc2ccc(Br)cc2)cc1C. The number of hydrogen-bond acceptors (Lipinski definition) is 4. The fourth-order valence-electron chi connectivity index (χ4n) is 2.19. The Morgan fingerprint density at radius 1 is 0.857 bits per heavy atom. The van der Waals surface area contributed by atoms with Crippen molar-refractivity contribution in [3.63, 3.8) is 0 Å². The minimum atomic E-state index is -0.504. The van der Waals surface area contributed by atoms with E-state index >= 15 is 0 Å². The molecule has 2 rings (SSSR count). The van der Waals surface area contributed by atoms with Crippen LogP contribution in [-0.2, 0) is 14.4 Å². The summed E-state index contributed by atoms with van der Waals surface area (Å²) in [6.45, 7) is 3.71. The summed E-state index contributed by atoms with van der Waals surface area (Å²) in [5.74, 6) is -0.709. The van der Waals surface area contributed by atoms with E-state index in [4.69, 9.17) is 4.74 Å². The van der Waals surface area contributed by atoms with Crippen molar-refractivity contribution in [1.29, 1.82) is 0 Å². The molecular weight excluding hydrogens is 426 g/mol. The molecule has 28 heavy (non-hydrogen) atoms. The van der Waals surface area contributed by atoms with Crippen molar-refractivity contribution in [2.75, 3.05) is 11.9 Å². The zero-order valence-corrected chi connectivity index (χ0v) is 17.3. The molecule has 2 aromatic carbocycles. The second-order valence-electron chi connectivity index (χ2n) is 6.19. The first kappa shape index (κ1) is 21.4. The first-order valence-electron chi connectivity index (χ1n) is 8.66. The summed E-state index contributed by atoms with van der Waals surface area (Å²) in [7, 11) is 0. The van der Waals surface area contributed by atoms with Crippen LogP contribution in [0.4, 0.5) is 5.69 Å². The van der Waals surface area contributed by atoms with Crippen LogP contribution in [0.25, 0.3) is 0 Å². The normalized spacial score (nSPS) is 10.1. The highest BCUT2D eigenvalue weighted by Gasteiger charge is 2.09. The predicted molar refractivity (Wildman–Crippen MR) is 110 cm³/mol. The second-order valence-corrected chi connectivity index (χ2v) is 7.10. The molecule has 0 heterocycles. The number of halogens is 1. The highest BCUT2D eigenvalue weighted by molar-refractivity contribution is 9.10. The van der Waals surface area contributed by atoms with Gasteiger partial charge in [0.25, 0.3) is 5.91 Å². The Bertz CT molecular complexity index is 853. The van der Waals surface area contributed by atoms with Gasteiger partial charge in [-0.3, -0.25) is 25.2 Å². The van der Waals surface area contributed by atoms with Crippen molar-refractivity contribution in [2.24, 2.45) is 0 Å². The summed E-state index contributed by atoms with van der Waals surface area (Å²) < 4.78 is 6.19. The monoisotopic (exact) mass is 447 g/mol. The molecule has 0 aliphatic rings. The Kier molecular flexibility index (Phi) is 8.01. The van der Waals surface area contributed by atoms with Crippen LogP contribution in [0.3, 0.4) is 0 Å². The van der Waals surface area contributed by atoms with Gasteiger partial charge in [-0.05, 0) is 61.4 Å². The minimum Gasteiger partial charge on any atom is -0.484 e. The van der Waals surface area contributed by atoms with Crippen molar-refractivity contribution in [1.82, 2.24) is 10.9 Å². The van der Waals surface area contributed by atoms with Crippen molar-refractivity contribution in [3.8, 4) is 5.75 Å². The Hall–Kier alpha value is -2.87. The Labute approximate surface area is 171 Å². The van der Waals surface area contributed by atoms with Crippen LogP contribution < -0.4 is 20.9 Å². The molecule has 0 saturated carbocycles. The van der Waals surface area contributed by atoms with Crippen molar-refractivity contribution >= 4 is 39.3 Å². The van der Waals surface area contributed by atoms with Crippen LogP contribution in [-0.4, -0.2) is 24.3 Å². The Balaban J connectivity index is 1.64. The first-order chi connectivity index (χ1) is 13.3. The highest BCUT2D eigenvalue weighted by atomic mass is 79.9. The molecule has 0 unspecified atom stereocenters. The third kappa shape index (κ3) is 7.40. The molecule has 0 aliphatic heterocycles. The van der Waals surface area contributed by atoms with Crippen molar-refractivity contribution < 1.29 is 19.1 Å². The number of hydrazine groups is 1. The van der Waals surface area contributed by atoms with E-state index in [1.54, 1.807) is 24.3 Å². The van der Waals surface area contributed by atoms with E-state index in [1.807, 2.05) is 32.0 Å². The number of carbonyl (C=O) groups excluding carboxylic acids is 3. The molecule has 3 N–H and O–H groups in total. The number of amides is 3. The van der Waals surface area contributed by atoms with E-state index in [0.717, 1.165) is 15.6 Å². The molecule has 3 amide bonds. The zero-order valence-electron chi connectivity index (χ0n) is 15.7. The van der Waals surface area contributed by atoms with Gasteiger partial charge in [-0.1, -0.05) is 22.0 Å². The Morgan fingerprint density at radius 3 is 2.18 bits per heavy atom. The fourth-order valence-corrected chi connectivity index (χ4v) is 2.45. The van der Waals surface area contributed by atoms with E-state index in [0.29, 0.717) is 11.4 Å². The number of benzene rings is 2. The van der Waals surface area contributed by atoms with E-state index in [2.05, 4.69) is 32.1 Å². The van der Waals surface area contributed by atoms with Crippen LogP contribution >= 0.6 is 15.9 Å². The summed E-state index contributed by atoms with van der Waals surface area (Å²) in [4.78, 5) is 35.4. The van der Waals surface area contributed by atoms with Crippen LogP contribution in [0, 0.1) is 13.8 Å². The molecule has 7 nitrogen and oxygen atoms in total. The predicted octanol–water partition coefficient (Wildman–Crippen LogP) is 3.01. The van der Waals surface area contributed by atoms with Gasteiger partial charge in [0.05, 0.1) is 0 Å². The lowest BCUT2D eigenvalue weighted by Gasteiger charge is -2.09. The maximum atomic E-state index is 11.9. The summed E-state index contributed by atoms with van der Waals surface area (Å²) >= 11 is 3.30. The molecular formula is C20H22BrN3O4. The maximum Gasteiger partial charge on any atom is 0.276 e. The average Bonchev–Trinajstić information content (AvgIpc) is 2.67. The highest BCUT2D eigenvalue weighted by Crippen LogP contribution is 2.16. The summed E-state index contributed by atoms with van der Waals surface area (Å²) in [6.07, 6.45) is -0.0471. The third-order valence-electron chi connectivity index (χ3n) is 3.89. The third-order valence-corrected chi connectivity index (χ3v) is 4.42. The number of carbonyl (C=O) groups is 3. The molecule has 0 radical (unpaired) electrons. The Morgan fingerprint density at radius 2 is 1.50 bits per heavy atom. The van der Waals surface area contributed by atoms with Crippen molar-refractivity contribution in [2.45, 2.75) is 26.7 Å². The molecule has 8 heteroatoms. The number of ether oxygens (including phenoxy) is 1. The smallest absolute Gasteiger partial charge is 0.276 e. The molecule has 0 aliphatic carbocycles. The lowest BCUT2D eigenvalue weighted by Crippen LogP contribution is -2.44. The fraction of sp³-hybridized carbons (Fsp3) is 0.250. The van der Waals surface area contributed by atoms with E-state index in [1.165, 1.54) is 0 Å². The molecule has 0 fully saturated rings. The van der Waals surface area contributed by atoms with Crippen LogP contribution in [0.15, 0.2) is 46.9 Å². The molecule has 148 valence electrons. The standard InChI is InChI=1S/C20H22BrN3O4/c1-13-3-6-16(11-14(13)2)22-18(25)9-10-19(26)23-24-20(27)12-28-17-7-4-15(21)5-8-17/h3-8,11H,9-10,12H2,1-2H3,(H,22,25)(H,23,26)(H,24,27). The minimum absolute atomic E-state index is 0.00399. The number of anilines is 1. The van der Waals surface area contributed by atoms with Gasteiger partial charge in [0, 0.05) is 23.0 Å². The molecule has 0 bridgehead atoms. The second kappa shape index (κ2) is 10.5. The number of nitrogens with one attached hydrogen (secondary N) is 3. The summed E-state index contributed by atoms with van der Waals surface area (Å²) in [5, 5.41) is 2.74. The summed E-state index contributed by atoms with van der Waals surface area (Å²) in [5.41, 5.74) is 7.40. The van der Waals surface area contributed by atoms with Gasteiger partial charge in [0.2, 0.25) is 11.8 Å². The van der Waals surface area contributed by atoms with Gasteiger partial charge < -0.3 is 10.1 Å². The quantitative estimate of drug-likeness (QED) is 0.568. The molecule has 0 saturated heterocycles.